The highest BCUT2D eigenvalue weighted by Crippen LogP contribution is 2.23. The third-order valence-electron chi connectivity index (χ3n) is 2.18. The van der Waals surface area contributed by atoms with E-state index in [0.717, 1.165) is 0 Å². The number of rotatable bonds is 3. The maximum atomic E-state index is 10.7. The van der Waals surface area contributed by atoms with E-state index in [-0.39, 0.29) is 0 Å². The zero-order valence-corrected chi connectivity index (χ0v) is 7.94. The predicted octanol–water partition coefficient (Wildman–Crippen LogP) is -2.58. The average Bonchev–Trinajstić information content (AvgIpc) is 2.18. The number of hydrogen-bond acceptors (Lipinski definition) is 7. The van der Waals surface area contributed by atoms with Crippen molar-refractivity contribution < 1.29 is 34.4 Å². The second kappa shape index (κ2) is 4.84. The molecule has 0 aromatic heterocycles. The molecule has 1 aliphatic heterocycles. The molecule has 1 rings (SSSR count). The number of nitrogens with two attached hydrogens (primary N) is 1. The van der Waals surface area contributed by atoms with Gasteiger partial charge in [0, 0.05) is 7.11 Å². The fraction of sp³-hybridized carbons (Fsp3) is 0.857. The van der Waals surface area contributed by atoms with Gasteiger partial charge in [-0.15, -0.1) is 0 Å². The summed E-state index contributed by atoms with van der Waals surface area (Å²) in [7, 11) is 1.22. The second-order valence-electron chi connectivity index (χ2n) is 3.08. The molecule has 15 heavy (non-hydrogen) atoms. The summed E-state index contributed by atoms with van der Waals surface area (Å²) in [6, 6.07) is 0. The van der Waals surface area contributed by atoms with Crippen LogP contribution in [-0.2, 0) is 19.1 Å². The Morgan fingerprint density at radius 3 is 2.40 bits per heavy atom. The van der Waals surface area contributed by atoms with Gasteiger partial charge in [-0.25, -0.2) is 10.7 Å². The number of aliphatic hydroxyl groups is 2. The summed E-state index contributed by atoms with van der Waals surface area (Å²) in [6.45, 7) is 0. The van der Waals surface area contributed by atoms with Crippen LogP contribution < -0.4 is 5.90 Å². The van der Waals surface area contributed by atoms with E-state index in [0.29, 0.717) is 0 Å². The maximum Gasteiger partial charge on any atom is 0.335 e. The van der Waals surface area contributed by atoms with Crippen molar-refractivity contribution in [2.45, 2.75) is 30.7 Å². The van der Waals surface area contributed by atoms with Crippen LogP contribution in [0.2, 0.25) is 0 Å². The molecule has 8 nitrogen and oxygen atoms in total. The van der Waals surface area contributed by atoms with Crippen LogP contribution in [0.4, 0.5) is 0 Å². The average molecular weight is 223 g/mol. The third kappa shape index (κ3) is 2.25. The van der Waals surface area contributed by atoms with Gasteiger partial charge in [0.1, 0.15) is 18.3 Å². The van der Waals surface area contributed by atoms with Crippen molar-refractivity contribution in [3.63, 3.8) is 0 Å². The zero-order chi connectivity index (χ0) is 11.6. The van der Waals surface area contributed by atoms with Crippen LogP contribution in [0.3, 0.4) is 0 Å². The van der Waals surface area contributed by atoms with E-state index in [9.17, 15) is 15.0 Å². The summed E-state index contributed by atoms with van der Waals surface area (Å²) in [4.78, 5) is 15.0. The Morgan fingerprint density at radius 1 is 1.40 bits per heavy atom. The summed E-state index contributed by atoms with van der Waals surface area (Å²) < 4.78 is 9.48. The molecule has 0 amide bonds. The Balaban J connectivity index is 2.84. The van der Waals surface area contributed by atoms with Crippen molar-refractivity contribution in [2.24, 2.45) is 5.90 Å². The van der Waals surface area contributed by atoms with E-state index in [1.165, 1.54) is 7.11 Å². The SMILES string of the molecule is COC1OC(C(=O)O)C(O)C(ON)C1O. The van der Waals surface area contributed by atoms with E-state index >= 15 is 0 Å². The van der Waals surface area contributed by atoms with Gasteiger partial charge in [0.05, 0.1) is 0 Å². The Morgan fingerprint density at radius 2 is 2.00 bits per heavy atom. The minimum Gasteiger partial charge on any atom is -0.479 e. The Hall–Kier alpha value is -0.770. The van der Waals surface area contributed by atoms with Gasteiger partial charge in [-0.1, -0.05) is 0 Å². The van der Waals surface area contributed by atoms with Crippen molar-refractivity contribution in [1.82, 2.24) is 0 Å². The number of aliphatic hydroxyl groups excluding tert-OH is 2. The molecule has 0 radical (unpaired) electrons. The normalized spacial score (nSPS) is 41.5. The molecule has 88 valence electrons. The smallest absolute Gasteiger partial charge is 0.335 e. The van der Waals surface area contributed by atoms with Crippen LogP contribution in [0.5, 0.6) is 0 Å². The molecule has 1 heterocycles. The fourth-order valence-corrected chi connectivity index (χ4v) is 1.39. The van der Waals surface area contributed by atoms with Crippen molar-refractivity contribution in [3.8, 4) is 0 Å². The van der Waals surface area contributed by atoms with Crippen LogP contribution in [-0.4, -0.2) is 59.1 Å². The molecule has 1 aliphatic rings. The Kier molecular flexibility index (Phi) is 3.97. The molecule has 0 spiro atoms. The van der Waals surface area contributed by atoms with Crippen molar-refractivity contribution in [1.29, 1.82) is 0 Å². The summed E-state index contributed by atoms with van der Waals surface area (Å²) in [6.07, 6.45) is -6.95. The first-order valence-electron chi connectivity index (χ1n) is 4.15. The first-order valence-corrected chi connectivity index (χ1v) is 4.15. The number of aliphatic carboxylic acids is 1. The summed E-state index contributed by atoms with van der Waals surface area (Å²) in [5.41, 5.74) is 0. The molecule has 5 atom stereocenters. The van der Waals surface area contributed by atoms with E-state index in [1.54, 1.807) is 0 Å². The number of ether oxygens (including phenoxy) is 2. The summed E-state index contributed by atoms with van der Waals surface area (Å²) in [5, 5.41) is 27.7. The molecule has 8 heteroatoms. The number of hydrogen-bond donors (Lipinski definition) is 4. The molecule has 1 saturated heterocycles. The molecule has 0 aliphatic carbocycles. The summed E-state index contributed by atoms with van der Waals surface area (Å²) in [5.74, 6) is 3.45. The van der Waals surface area contributed by atoms with Gasteiger partial charge < -0.3 is 24.8 Å². The predicted molar refractivity (Wildman–Crippen MR) is 44.4 cm³/mol. The lowest BCUT2D eigenvalue weighted by atomic mass is 9.99. The highest BCUT2D eigenvalue weighted by Gasteiger charge is 2.48. The lowest BCUT2D eigenvalue weighted by Gasteiger charge is -2.38. The number of carboxylic acid groups (broad SMARTS) is 1. The monoisotopic (exact) mass is 223 g/mol. The zero-order valence-electron chi connectivity index (χ0n) is 7.94. The van der Waals surface area contributed by atoms with Crippen LogP contribution in [0.1, 0.15) is 0 Å². The van der Waals surface area contributed by atoms with Crippen LogP contribution in [0, 0.1) is 0 Å². The van der Waals surface area contributed by atoms with E-state index in [1.807, 2.05) is 0 Å². The molecular weight excluding hydrogens is 210 g/mol. The van der Waals surface area contributed by atoms with Gasteiger partial charge in [-0.3, -0.25) is 4.84 Å². The van der Waals surface area contributed by atoms with Gasteiger partial charge in [-0.05, 0) is 0 Å². The first-order chi connectivity index (χ1) is 7.02. The molecule has 1 fully saturated rings. The van der Waals surface area contributed by atoms with Gasteiger partial charge in [0.2, 0.25) is 0 Å². The van der Waals surface area contributed by atoms with Crippen molar-refractivity contribution in [2.75, 3.05) is 7.11 Å². The highest BCUT2D eigenvalue weighted by molar-refractivity contribution is 5.73. The highest BCUT2D eigenvalue weighted by atomic mass is 16.7. The third-order valence-corrected chi connectivity index (χ3v) is 2.18. The van der Waals surface area contributed by atoms with Crippen LogP contribution in [0.15, 0.2) is 0 Å². The first kappa shape index (κ1) is 12.3. The number of carboxylic acids is 1. The number of carbonyl (C=O) groups is 1. The molecule has 0 saturated carbocycles. The quantitative estimate of drug-likeness (QED) is 0.384. The fourth-order valence-electron chi connectivity index (χ4n) is 1.39. The van der Waals surface area contributed by atoms with Crippen molar-refractivity contribution >= 4 is 5.97 Å². The largest absolute Gasteiger partial charge is 0.479 e. The lowest BCUT2D eigenvalue weighted by molar-refractivity contribution is -0.295. The van der Waals surface area contributed by atoms with E-state index < -0.39 is 36.7 Å². The Labute approximate surface area is 85.1 Å². The number of methoxy groups -OCH3 is 1. The summed E-state index contributed by atoms with van der Waals surface area (Å²) >= 11 is 0. The van der Waals surface area contributed by atoms with Gasteiger partial charge >= 0.3 is 5.97 Å². The van der Waals surface area contributed by atoms with Gasteiger partial charge in [-0.2, -0.15) is 0 Å². The van der Waals surface area contributed by atoms with Crippen molar-refractivity contribution in [3.05, 3.63) is 0 Å². The topological polar surface area (TPSA) is 131 Å². The molecule has 0 aromatic rings. The van der Waals surface area contributed by atoms with Gasteiger partial charge in [0.25, 0.3) is 0 Å². The molecular formula is C7H13NO7. The van der Waals surface area contributed by atoms with E-state index in [4.69, 9.17) is 15.7 Å². The van der Waals surface area contributed by atoms with Crippen LogP contribution in [0.25, 0.3) is 0 Å². The minimum absolute atomic E-state index is 1.21. The molecule has 0 bridgehead atoms. The lowest BCUT2D eigenvalue weighted by Crippen LogP contribution is -2.61. The maximum absolute atomic E-state index is 10.7. The van der Waals surface area contributed by atoms with Gasteiger partial charge in [0.15, 0.2) is 12.4 Å². The Bertz CT molecular complexity index is 235. The molecule has 5 unspecified atom stereocenters. The van der Waals surface area contributed by atoms with E-state index in [2.05, 4.69) is 9.57 Å². The molecule has 0 aromatic carbocycles. The standard InChI is InChI=1S/C7H13NO7/c1-13-7-3(10)4(15-8)2(9)5(14-7)6(11)12/h2-5,7,9-10H,8H2,1H3,(H,11,12). The minimum atomic E-state index is -1.56. The molecule has 5 N–H and O–H groups in total. The second-order valence-corrected chi connectivity index (χ2v) is 3.08. The van der Waals surface area contributed by atoms with Crippen LogP contribution >= 0.6 is 0 Å².